The molecule has 0 spiro atoms. The van der Waals surface area contributed by atoms with Crippen molar-refractivity contribution in [2.24, 2.45) is 0 Å². The number of aliphatic hydroxyl groups is 1. The lowest BCUT2D eigenvalue weighted by Crippen LogP contribution is -2.47. The van der Waals surface area contributed by atoms with Gasteiger partial charge in [-0.2, -0.15) is 0 Å². The standard InChI is InChI=1S/C11H12ClIN2O4/c1-11(19,9(16)17)5-14-10(18)15-8-4-6(13)2-3-7(8)12/h2-4,19H,5H2,1H3,(H,16,17)(H2,14,15,18). The van der Waals surface area contributed by atoms with Crippen molar-refractivity contribution in [1.82, 2.24) is 5.32 Å². The first-order valence-electron chi connectivity index (χ1n) is 5.18. The predicted molar refractivity (Wildman–Crippen MR) is 79.5 cm³/mol. The first-order chi connectivity index (χ1) is 8.72. The zero-order valence-corrected chi connectivity index (χ0v) is 12.8. The van der Waals surface area contributed by atoms with E-state index in [1.54, 1.807) is 18.2 Å². The van der Waals surface area contributed by atoms with Gasteiger partial charge in [-0.15, -0.1) is 0 Å². The van der Waals surface area contributed by atoms with Crippen LogP contribution in [-0.4, -0.2) is 34.4 Å². The quantitative estimate of drug-likeness (QED) is 0.582. The van der Waals surface area contributed by atoms with Gasteiger partial charge in [0.25, 0.3) is 0 Å². The molecule has 104 valence electrons. The normalized spacial score (nSPS) is 13.5. The molecule has 0 aliphatic heterocycles. The summed E-state index contributed by atoms with van der Waals surface area (Å²) >= 11 is 7.96. The second-order valence-electron chi connectivity index (χ2n) is 4.01. The second-order valence-corrected chi connectivity index (χ2v) is 5.66. The monoisotopic (exact) mass is 398 g/mol. The topological polar surface area (TPSA) is 98.7 Å². The van der Waals surface area contributed by atoms with Crippen LogP contribution in [0.15, 0.2) is 18.2 Å². The molecule has 1 unspecified atom stereocenters. The number of hydrogen-bond acceptors (Lipinski definition) is 3. The Morgan fingerprint density at radius 2 is 2.11 bits per heavy atom. The van der Waals surface area contributed by atoms with E-state index in [0.717, 1.165) is 10.5 Å². The average Bonchev–Trinajstić information content (AvgIpc) is 2.31. The van der Waals surface area contributed by atoms with Crippen molar-refractivity contribution >= 4 is 51.9 Å². The Balaban J connectivity index is 2.61. The Kier molecular flexibility index (Phi) is 5.39. The van der Waals surface area contributed by atoms with Gasteiger partial charge in [-0.3, -0.25) is 0 Å². The van der Waals surface area contributed by atoms with E-state index in [9.17, 15) is 14.7 Å². The molecule has 4 N–H and O–H groups in total. The highest BCUT2D eigenvalue weighted by molar-refractivity contribution is 14.1. The maximum Gasteiger partial charge on any atom is 0.337 e. The minimum Gasteiger partial charge on any atom is -0.479 e. The van der Waals surface area contributed by atoms with Gasteiger partial charge in [-0.05, 0) is 47.7 Å². The minimum atomic E-state index is -2.02. The first-order valence-corrected chi connectivity index (χ1v) is 6.64. The number of halogens is 2. The highest BCUT2D eigenvalue weighted by Crippen LogP contribution is 2.23. The van der Waals surface area contributed by atoms with Crippen molar-refractivity contribution in [3.05, 3.63) is 26.8 Å². The lowest BCUT2D eigenvalue weighted by atomic mass is 10.1. The van der Waals surface area contributed by atoms with Crippen molar-refractivity contribution in [2.75, 3.05) is 11.9 Å². The van der Waals surface area contributed by atoms with Crippen LogP contribution in [0.1, 0.15) is 6.92 Å². The summed E-state index contributed by atoms with van der Waals surface area (Å²) in [5, 5.41) is 23.2. The molecule has 0 aliphatic rings. The third-order valence-electron chi connectivity index (χ3n) is 2.23. The van der Waals surface area contributed by atoms with Crippen LogP contribution < -0.4 is 10.6 Å². The average molecular weight is 399 g/mol. The van der Waals surface area contributed by atoms with E-state index in [4.69, 9.17) is 16.7 Å². The van der Waals surface area contributed by atoms with Crippen LogP contribution in [0.4, 0.5) is 10.5 Å². The van der Waals surface area contributed by atoms with E-state index in [0.29, 0.717) is 10.7 Å². The number of carbonyl (C=O) groups excluding carboxylic acids is 1. The van der Waals surface area contributed by atoms with E-state index in [1.807, 2.05) is 0 Å². The SMILES string of the molecule is CC(O)(CNC(=O)Nc1cc(I)ccc1Cl)C(=O)O. The number of rotatable bonds is 4. The summed E-state index contributed by atoms with van der Waals surface area (Å²) in [6.07, 6.45) is 0. The Labute approximate surface area is 128 Å². The highest BCUT2D eigenvalue weighted by atomic mass is 127. The summed E-state index contributed by atoms with van der Waals surface area (Å²) < 4.78 is 0.884. The molecule has 1 aromatic carbocycles. The number of carboxylic acids is 1. The third kappa shape index (κ3) is 4.84. The Bertz CT molecular complexity index is 507. The van der Waals surface area contributed by atoms with Crippen molar-refractivity contribution < 1.29 is 19.8 Å². The summed E-state index contributed by atoms with van der Waals surface area (Å²) in [4.78, 5) is 22.2. The van der Waals surface area contributed by atoms with Crippen molar-refractivity contribution in [3.63, 3.8) is 0 Å². The summed E-state index contributed by atoms with van der Waals surface area (Å²) in [7, 11) is 0. The maximum atomic E-state index is 11.6. The van der Waals surface area contributed by atoms with Gasteiger partial charge >= 0.3 is 12.0 Å². The molecule has 0 aliphatic carbocycles. The van der Waals surface area contributed by atoms with Gasteiger partial charge < -0.3 is 20.8 Å². The number of carbonyl (C=O) groups is 2. The molecule has 0 heterocycles. The molecule has 0 bridgehead atoms. The molecule has 1 atom stereocenters. The zero-order valence-electron chi connectivity index (χ0n) is 9.91. The maximum absolute atomic E-state index is 11.6. The smallest absolute Gasteiger partial charge is 0.337 e. The Morgan fingerprint density at radius 3 is 2.68 bits per heavy atom. The van der Waals surface area contributed by atoms with E-state index < -0.39 is 24.1 Å². The molecule has 0 saturated carbocycles. The summed E-state index contributed by atoms with van der Waals surface area (Å²) in [5.74, 6) is -1.42. The van der Waals surface area contributed by atoms with E-state index in [-0.39, 0.29) is 0 Å². The highest BCUT2D eigenvalue weighted by Gasteiger charge is 2.30. The lowest BCUT2D eigenvalue weighted by Gasteiger charge is -2.18. The van der Waals surface area contributed by atoms with Crippen molar-refractivity contribution in [3.8, 4) is 0 Å². The van der Waals surface area contributed by atoms with Crippen LogP contribution in [-0.2, 0) is 4.79 Å². The van der Waals surface area contributed by atoms with Crippen molar-refractivity contribution in [2.45, 2.75) is 12.5 Å². The molecule has 6 nitrogen and oxygen atoms in total. The minimum absolute atomic E-state index is 0.362. The first kappa shape index (κ1) is 16.0. The Hall–Kier alpha value is -1.06. The Morgan fingerprint density at radius 1 is 1.47 bits per heavy atom. The molecule has 0 aromatic heterocycles. The fourth-order valence-corrected chi connectivity index (χ4v) is 1.74. The van der Waals surface area contributed by atoms with Gasteiger partial charge in [-0.25, -0.2) is 9.59 Å². The summed E-state index contributed by atoms with van der Waals surface area (Å²) in [6, 6.07) is 4.43. The molecule has 0 saturated heterocycles. The van der Waals surface area contributed by atoms with Gasteiger partial charge in [0, 0.05) is 3.57 Å². The molecule has 0 fully saturated rings. The zero-order chi connectivity index (χ0) is 14.6. The number of benzene rings is 1. The van der Waals surface area contributed by atoms with Crippen LogP contribution in [0, 0.1) is 3.57 Å². The molecular formula is C11H12ClIN2O4. The molecule has 1 rings (SSSR count). The van der Waals surface area contributed by atoms with Gasteiger partial charge in [0.05, 0.1) is 17.3 Å². The van der Waals surface area contributed by atoms with Gasteiger partial charge in [0.15, 0.2) is 5.60 Å². The van der Waals surface area contributed by atoms with Crippen molar-refractivity contribution in [1.29, 1.82) is 0 Å². The van der Waals surface area contributed by atoms with Crippen LogP contribution in [0.3, 0.4) is 0 Å². The number of amides is 2. The number of nitrogens with one attached hydrogen (secondary N) is 2. The predicted octanol–water partition coefficient (Wildman–Crippen LogP) is 1.90. The van der Waals surface area contributed by atoms with Gasteiger partial charge in [0.2, 0.25) is 0 Å². The lowest BCUT2D eigenvalue weighted by molar-refractivity contribution is -0.155. The largest absolute Gasteiger partial charge is 0.479 e. The summed E-state index contributed by atoms with van der Waals surface area (Å²) in [5.41, 5.74) is -1.62. The second kappa shape index (κ2) is 6.40. The van der Waals surface area contributed by atoms with E-state index >= 15 is 0 Å². The number of anilines is 1. The molecule has 19 heavy (non-hydrogen) atoms. The van der Waals surface area contributed by atoms with Gasteiger partial charge in [-0.1, -0.05) is 11.6 Å². The number of urea groups is 1. The van der Waals surface area contributed by atoms with Crippen LogP contribution >= 0.6 is 34.2 Å². The number of hydrogen-bond donors (Lipinski definition) is 4. The van der Waals surface area contributed by atoms with Gasteiger partial charge in [0.1, 0.15) is 0 Å². The molecule has 8 heteroatoms. The fourth-order valence-electron chi connectivity index (χ4n) is 1.09. The molecule has 2 amide bonds. The number of aliphatic carboxylic acids is 1. The van der Waals surface area contributed by atoms with Crippen LogP contribution in [0.2, 0.25) is 5.02 Å². The molecular weight excluding hydrogens is 386 g/mol. The molecule has 0 radical (unpaired) electrons. The summed E-state index contributed by atoms with van der Waals surface area (Å²) in [6.45, 7) is 0.670. The van der Waals surface area contributed by atoms with E-state index in [2.05, 4.69) is 33.2 Å². The van der Waals surface area contributed by atoms with E-state index in [1.165, 1.54) is 0 Å². The van der Waals surface area contributed by atoms with Crippen LogP contribution in [0.5, 0.6) is 0 Å². The van der Waals surface area contributed by atoms with Crippen LogP contribution in [0.25, 0.3) is 0 Å². The number of carboxylic acid groups (broad SMARTS) is 1. The third-order valence-corrected chi connectivity index (χ3v) is 3.23. The fraction of sp³-hybridized carbons (Fsp3) is 0.273. The molecule has 1 aromatic rings.